The molecule has 0 saturated carbocycles. The molecule has 1 amide bonds. The number of carbonyl (C=O) groups excluding carboxylic acids is 1. The number of carbonyl (C=O) groups is 1. The number of thioether (sulfide) groups is 1. The fourth-order valence-electron chi connectivity index (χ4n) is 1.67. The fourth-order valence-corrected chi connectivity index (χ4v) is 2.43. The van der Waals surface area contributed by atoms with Gasteiger partial charge in [-0.1, -0.05) is 4.85 Å². The predicted octanol–water partition coefficient (Wildman–Crippen LogP) is 2.40. The third-order valence-electron chi connectivity index (χ3n) is 2.62. The Balaban J connectivity index is 1.83. The normalized spacial score (nSPS) is 11.6. The first kappa shape index (κ1) is 16.3. The van der Waals surface area contributed by atoms with Gasteiger partial charge in [0.2, 0.25) is 0 Å². The number of nitrogens with zero attached hydrogens (tertiary/aromatic N) is 2. The van der Waals surface area contributed by atoms with Gasteiger partial charge in [-0.25, -0.2) is 0 Å². The zero-order valence-electron chi connectivity index (χ0n) is 11.1. The molecular weight excluding hydrogens is 323 g/mol. The molecule has 2 aromatic heterocycles. The highest BCUT2D eigenvalue weighted by molar-refractivity contribution is 7.98. The standard InChI is InChI=1S/C12H12F3N3O3S/c13-12(14,15)10-9(6-17-18(10)20)11(19)16-3-5-22-7-8-2-1-4-21-8/h1-2,4,6,20H,3,5,7H2,(H,16,19). The number of amides is 1. The number of rotatable bonds is 6. The second kappa shape index (κ2) is 6.77. The van der Waals surface area contributed by atoms with Crippen LogP contribution >= 0.6 is 11.8 Å². The Morgan fingerprint density at radius 1 is 1.50 bits per heavy atom. The monoisotopic (exact) mass is 335 g/mol. The number of aromatic nitrogens is 2. The maximum Gasteiger partial charge on any atom is 0.437 e. The summed E-state index contributed by atoms with van der Waals surface area (Å²) in [4.78, 5) is 11.4. The average Bonchev–Trinajstić information content (AvgIpc) is 3.06. The van der Waals surface area contributed by atoms with E-state index in [1.807, 2.05) is 0 Å². The molecule has 10 heteroatoms. The Morgan fingerprint density at radius 3 is 2.91 bits per heavy atom. The summed E-state index contributed by atoms with van der Waals surface area (Å²) in [7, 11) is 0. The van der Waals surface area contributed by atoms with Crippen LogP contribution in [0.15, 0.2) is 29.0 Å². The Hall–Kier alpha value is -2.10. The first-order valence-electron chi connectivity index (χ1n) is 6.12. The first-order chi connectivity index (χ1) is 10.4. The molecule has 0 aliphatic carbocycles. The molecule has 0 bridgehead atoms. The molecule has 120 valence electrons. The number of hydrogen-bond acceptors (Lipinski definition) is 5. The minimum atomic E-state index is -4.87. The van der Waals surface area contributed by atoms with Gasteiger partial charge < -0.3 is 14.9 Å². The van der Waals surface area contributed by atoms with Crippen LogP contribution < -0.4 is 5.32 Å². The fraction of sp³-hybridized carbons (Fsp3) is 0.333. The topological polar surface area (TPSA) is 80.3 Å². The molecule has 0 radical (unpaired) electrons. The Labute approximate surface area is 127 Å². The van der Waals surface area contributed by atoms with Crippen molar-refractivity contribution in [3.63, 3.8) is 0 Å². The minimum Gasteiger partial charge on any atom is -0.468 e. The summed E-state index contributed by atoms with van der Waals surface area (Å²) >= 11 is 1.46. The van der Waals surface area contributed by atoms with E-state index in [9.17, 15) is 18.0 Å². The first-order valence-corrected chi connectivity index (χ1v) is 7.28. The van der Waals surface area contributed by atoms with Crippen molar-refractivity contribution < 1.29 is 27.6 Å². The summed E-state index contributed by atoms with van der Waals surface area (Å²) in [6.07, 6.45) is -2.65. The quantitative estimate of drug-likeness (QED) is 0.626. The Bertz CT molecular complexity index is 625. The van der Waals surface area contributed by atoms with E-state index < -0.39 is 23.3 Å². The second-order valence-corrected chi connectivity index (χ2v) is 5.29. The molecule has 0 fully saturated rings. The van der Waals surface area contributed by atoms with Gasteiger partial charge in [-0.05, 0) is 12.1 Å². The second-order valence-electron chi connectivity index (χ2n) is 4.18. The molecule has 0 aliphatic heterocycles. The molecule has 0 aromatic carbocycles. The third kappa shape index (κ3) is 3.97. The van der Waals surface area contributed by atoms with Gasteiger partial charge in [0.25, 0.3) is 5.91 Å². The summed E-state index contributed by atoms with van der Waals surface area (Å²) in [5, 5.41) is 14.4. The van der Waals surface area contributed by atoms with Crippen LogP contribution in [0.25, 0.3) is 0 Å². The van der Waals surface area contributed by atoms with Crippen molar-refractivity contribution in [2.24, 2.45) is 0 Å². The van der Waals surface area contributed by atoms with Gasteiger partial charge >= 0.3 is 6.18 Å². The molecule has 22 heavy (non-hydrogen) atoms. The van der Waals surface area contributed by atoms with Crippen LogP contribution in [0, 0.1) is 0 Å². The van der Waals surface area contributed by atoms with E-state index in [-0.39, 0.29) is 11.4 Å². The van der Waals surface area contributed by atoms with Gasteiger partial charge in [0.05, 0.1) is 23.8 Å². The van der Waals surface area contributed by atoms with Crippen molar-refractivity contribution in [3.8, 4) is 0 Å². The molecular formula is C12H12F3N3O3S. The largest absolute Gasteiger partial charge is 0.468 e. The predicted molar refractivity (Wildman–Crippen MR) is 71.6 cm³/mol. The molecule has 0 aliphatic rings. The summed E-state index contributed by atoms with van der Waals surface area (Å²) < 4.78 is 43.2. The van der Waals surface area contributed by atoms with Gasteiger partial charge in [0.1, 0.15) is 5.76 Å². The van der Waals surface area contributed by atoms with Crippen molar-refractivity contribution in [2.45, 2.75) is 11.9 Å². The summed E-state index contributed by atoms with van der Waals surface area (Å²) in [6.45, 7) is 0.179. The van der Waals surface area contributed by atoms with Crippen molar-refractivity contribution >= 4 is 17.7 Å². The van der Waals surface area contributed by atoms with Gasteiger partial charge in [0, 0.05) is 12.3 Å². The summed E-state index contributed by atoms with van der Waals surface area (Å²) in [5.74, 6) is 0.940. The van der Waals surface area contributed by atoms with Gasteiger partial charge in [-0.2, -0.15) is 24.9 Å². The lowest BCUT2D eigenvalue weighted by Gasteiger charge is -2.09. The zero-order chi connectivity index (χ0) is 16.2. The van der Waals surface area contributed by atoms with Crippen LogP contribution in [-0.2, 0) is 11.9 Å². The van der Waals surface area contributed by atoms with Crippen molar-refractivity contribution in [3.05, 3.63) is 41.6 Å². The molecule has 0 saturated heterocycles. The van der Waals surface area contributed by atoms with Gasteiger partial charge in [-0.15, -0.1) is 5.10 Å². The van der Waals surface area contributed by atoms with E-state index in [1.54, 1.807) is 18.4 Å². The van der Waals surface area contributed by atoms with Crippen LogP contribution in [0.1, 0.15) is 21.8 Å². The minimum absolute atomic E-state index is 0.179. The summed E-state index contributed by atoms with van der Waals surface area (Å²) in [6, 6.07) is 3.56. The van der Waals surface area contributed by atoms with Crippen LogP contribution in [0.4, 0.5) is 13.2 Å². The lowest BCUT2D eigenvalue weighted by Crippen LogP contribution is -2.28. The molecule has 2 N–H and O–H groups in total. The van der Waals surface area contributed by atoms with E-state index in [0.29, 0.717) is 17.7 Å². The van der Waals surface area contributed by atoms with Crippen LogP contribution in [0.5, 0.6) is 0 Å². The highest BCUT2D eigenvalue weighted by atomic mass is 32.2. The maximum atomic E-state index is 12.7. The lowest BCUT2D eigenvalue weighted by molar-refractivity contribution is -0.152. The summed E-state index contributed by atoms with van der Waals surface area (Å²) in [5.41, 5.74) is -2.21. The molecule has 2 rings (SSSR count). The average molecular weight is 335 g/mol. The van der Waals surface area contributed by atoms with Gasteiger partial charge in [-0.3, -0.25) is 4.79 Å². The van der Waals surface area contributed by atoms with E-state index in [4.69, 9.17) is 9.62 Å². The van der Waals surface area contributed by atoms with Crippen LogP contribution in [0.3, 0.4) is 0 Å². The van der Waals surface area contributed by atoms with Crippen molar-refractivity contribution in [1.82, 2.24) is 15.3 Å². The molecule has 0 unspecified atom stereocenters. The van der Waals surface area contributed by atoms with Crippen LogP contribution in [0.2, 0.25) is 0 Å². The van der Waals surface area contributed by atoms with E-state index in [1.165, 1.54) is 11.8 Å². The molecule has 0 atom stereocenters. The smallest absolute Gasteiger partial charge is 0.437 e. The highest BCUT2D eigenvalue weighted by Gasteiger charge is 2.40. The molecule has 2 aromatic rings. The number of alkyl halides is 3. The zero-order valence-corrected chi connectivity index (χ0v) is 11.9. The van der Waals surface area contributed by atoms with Gasteiger partial charge in [0.15, 0.2) is 5.69 Å². The van der Waals surface area contributed by atoms with E-state index in [0.717, 1.165) is 5.76 Å². The molecule has 2 heterocycles. The van der Waals surface area contributed by atoms with Crippen molar-refractivity contribution in [2.75, 3.05) is 12.3 Å². The number of halogens is 3. The third-order valence-corrected chi connectivity index (χ3v) is 3.60. The maximum absolute atomic E-state index is 12.7. The molecule has 0 spiro atoms. The van der Waals surface area contributed by atoms with Crippen LogP contribution in [-0.4, -0.2) is 33.4 Å². The number of hydrogen-bond donors (Lipinski definition) is 2. The SMILES string of the molecule is O=C(NCCSCc1ccco1)c1cnn(O)c1C(F)(F)F. The van der Waals surface area contributed by atoms with E-state index >= 15 is 0 Å². The number of furan rings is 1. The van der Waals surface area contributed by atoms with E-state index in [2.05, 4.69) is 10.4 Å². The highest BCUT2D eigenvalue weighted by Crippen LogP contribution is 2.31. The Morgan fingerprint density at radius 2 is 2.27 bits per heavy atom. The molecule has 6 nitrogen and oxygen atoms in total. The number of nitrogens with one attached hydrogen (secondary N) is 1. The lowest BCUT2D eigenvalue weighted by atomic mass is 10.2. The van der Waals surface area contributed by atoms with Crippen molar-refractivity contribution in [1.29, 1.82) is 0 Å². The Kier molecular flexibility index (Phi) is 5.01.